The Kier molecular flexibility index (Phi) is 5.19. The normalized spacial score (nSPS) is 11.8. The molecule has 0 unspecified atom stereocenters. The number of amides is 1. The molecule has 0 radical (unpaired) electrons. The summed E-state index contributed by atoms with van der Waals surface area (Å²) in [5, 5.41) is 4.29. The van der Waals surface area contributed by atoms with Crippen molar-refractivity contribution in [1.82, 2.24) is 5.32 Å². The van der Waals surface area contributed by atoms with Gasteiger partial charge in [0.05, 0.1) is 5.56 Å². The van der Waals surface area contributed by atoms with Crippen LogP contribution in [0.25, 0.3) is 0 Å². The van der Waals surface area contributed by atoms with Crippen molar-refractivity contribution < 1.29 is 13.2 Å². The van der Waals surface area contributed by atoms with Gasteiger partial charge in [0.1, 0.15) is 4.21 Å². The number of hydrogen-bond acceptors (Lipinski definition) is 4. The summed E-state index contributed by atoms with van der Waals surface area (Å²) >= 11 is 0.970. The van der Waals surface area contributed by atoms with E-state index in [0.717, 1.165) is 17.8 Å². The highest BCUT2D eigenvalue weighted by Gasteiger charge is 2.21. The fraction of sp³-hybridized carbons (Fsp3) is 0.545. The molecule has 0 aliphatic heterocycles. The first-order valence-corrected chi connectivity index (χ1v) is 8.73. The Morgan fingerprint density at radius 3 is 2.56 bits per heavy atom. The van der Waals surface area contributed by atoms with Crippen LogP contribution in [0.1, 0.15) is 36.2 Å². The van der Waals surface area contributed by atoms with Crippen LogP contribution < -0.4 is 5.32 Å². The lowest BCUT2D eigenvalue weighted by Gasteiger charge is -2.06. The molecule has 0 aliphatic carbocycles. The van der Waals surface area contributed by atoms with Gasteiger partial charge in [-0.25, -0.2) is 8.42 Å². The summed E-state index contributed by atoms with van der Waals surface area (Å²) in [7, 11) is 1.51. The van der Waals surface area contributed by atoms with Gasteiger partial charge in [0.15, 0.2) is 0 Å². The van der Waals surface area contributed by atoms with Crippen LogP contribution in [-0.2, 0) is 9.05 Å². The molecule has 1 rings (SSSR count). The van der Waals surface area contributed by atoms with Gasteiger partial charge in [-0.1, -0.05) is 13.8 Å². The lowest BCUT2D eigenvalue weighted by molar-refractivity contribution is 0.0951. The Bertz CT molecular complexity index is 534. The van der Waals surface area contributed by atoms with Crippen LogP contribution in [0.3, 0.4) is 0 Å². The lowest BCUT2D eigenvalue weighted by Crippen LogP contribution is -2.25. The molecule has 1 aromatic heterocycles. The van der Waals surface area contributed by atoms with Crippen LogP contribution in [0.5, 0.6) is 0 Å². The molecule has 0 bridgehead atoms. The summed E-state index contributed by atoms with van der Waals surface area (Å²) in [4.78, 5) is 11.8. The third-order valence-electron chi connectivity index (χ3n) is 2.47. The fourth-order valence-corrected chi connectivity index (χ4v) is 3.98. The van der Waals surface area contributed by atoms with E-state index in [2.05, 4.69) is 19.2 Å². The van der Waals surface area contributed by atoms with E-state index in [-0.39, 0.29) is 10.1 Å². The highest BCUT2D eigenvalue weighted by molar-refractivity contribution is 8.15. The van der Waals surface area contributed by atoms with Crippen molar-refractivity contribution >= 4 is 37.0 Å². The summed E-state index contributed by atoms with van der Waals surface area (Å²) in [5.41, 5.74) is 0.792. The highest BCUT2D eigenvalue weighted by atomic mass is 35.7. The van der Waals surface area contributed by atoms with E-state index in [9.17, 15) is 13.2 Å². The molecule has 0 atom stereocenters. The molecule has 7 heteroatoms. The molecule has 18 heavy (non-hydrogen) atoms. The third-order valence-corrected chi connectivity index (χ3v) is 5.77. The quantitative estimate of drug-likeness (QED) is 0.851. The van der Waals surface area contributed by atoms with Gasteiger partial charge in [-0.05, 0) is 24.8 Å². The van der Waals surface area contributed by atoms with Crippen LogP contribution in [0, 0.1) is 12.8 Å². The number of nitrogens with one attached hydrogen (secondary N) is 1. The first-order chi connectivity index (χ1) is 8.23. The zero-order valence-corrected chi connectivity index (χ0v) is 12.9. The molecule has 0 aliphatic rings. The zero-order chi connectivity index (χ0) is 13.9. The Hall–Kier alpha value is -0.590. The smallest absolute Gasteiger partial charge is 0.271 e. The minimum absolute atomic E-state index is 0.0400. The van der Waals surface area contributed by atoms with Gasteiger partial charge in [0, 0.05) is 22.6 Å². The predicted molar refractivity (Wildman–Crippen MR) is 73.9 cm³/mol. The van der Waals surface area contributed by atoms with Crippen LogP contribution >= 0.6 is 22.0 Å². The molecule has 1 heterocycles. The number of carbonyl (C=O) groups excluding carboxylic acids is 1. The minimum Gasteiger partial charge on any atom is -0.352 e. The molecule has 1 amide bonds. The average Bonchev–Trinajstić information content (AvgIpc) is 2.58. The van der Waals surface area contributed by atoms with Crippen molar-refractivity contribution in [2.75, 3.05) is 6.54 Å². The Morgan fingerprint density at radius 2 is 2.11 bits per heavy atom. The molecule has 0 spiro atoms. The number of halogens is 1. The molecule has 1 N–H and O–H groups in total. The van der Waals surface area contributed by atoms with Gasteiger partial charge in [0.2, 0.25) is 0 Å². The van der Waals surface area contributed by atoms with E-state index in [0.29, 0.717) is 23.6 Å². The van der Waals surface area contributed by atoms with Crippen molar-refractivity contribution in [3.8, 4) is 0 Å². The first-order valence-electron chi connectivity index (χ1n) is 5.54. The second-order valence-corrected chi connectivity index (χ2v) is 8.08. The van der Waals surface area contributed by atoms with Crippen molar-refractivity contribution in [3.05, 3.63) is 16.5 Å². The van der Waals surface area contributed by atoms with Gasteiger partial charge in [-0.15, -0.1) is 11.3 Å². The Balaban J connectivity index is 2.79. The first kappa shape index (κ1) is 15.5. The standard InChI is InChI=1S/C11H16ClNO3S2/c1-7(2)4-5-13-10(14)9-6-17-11(8(9)3)18(12,15)16/h6-7H,4-5H2,1-3H3,(H,13,14). The molecule has 0 aromatic carbocycles. The van der Waals surface area contributed by atoms with Gasteiger partial charge in [-0.2, -0.15) is 0 Å². The molecule has 4 nitrogen and oxygen atoms in total. The number of hydrogen-bond donors (Lipinski definition) is 1. The zero-order valence-electron chi connectivity index (χ0n) is 10.5. The summed E-state index contributed by atoms with van der Waals surface area (Å²) < 4.78 is 22.5. The van der Waals surface area contributed by atoms with Crippen LogP contribution in [0.15, 0.2) is 9.59 Å². The van der Waals surface area contributed by atoms with E-state index < -0.39 is 9.05 Å². The second kappa shape index (κ2) is 6.04. The van der Waals surface area contributed by atoms with Crippen LogP contribution in [-0.4, -0.2) is 20.9 Å². The highest BCUT2D eigenvalue weighted by Crippen LogP contribution is 2.29. The van der Waals surface area contributed by atoms with Gasteiger partial charge in [-0.3, -0.25) is 4.79 Å². The maximum Gasteiger partial charge on any atom is 0.271 e. The average molecular weight is 310 g/mol. The largest absolute Gasteiger partial charge is 0.352 e. The summed E-state index contributed by atoms with van der Waals surface area (Å²) in [6.07, 6.45) is 0.885. The van der Waals surface area contributed by atoms with Gasteiger partial charge >= 0.3 is 0 Å². The Labute approximate surface area is 116 Å². The number of carbonyl (C=O) groups is 1. The summed E-state index contributed by atoms with van der Waals surface area (Å²) in [6.45, 7) is 6.30. The number of rotatable bonds is 5. The van der Waals surface area contributed by atoms with E-state index in [1.165, 1.54) is 5.38 Å². The fourth-order valence-electron chi connectivity index (χ4n) is 1.43. The monoisotopic (exact) mass is 309 g/mol. The second-order valence-electron chi connectivity index (χ2n) is 4.44. The van der Waals surface area contributed by atoms with E-state index >= 15 is 0 Å². The van der Waals surface area contributed by atoms with Crippen LogP contribution in [0.2, 0.25) is 0 Å². The molecule has 0 saturated heterocycles. The lowest BCUT2D eigenvalue weighted by atomic mass is 10.1. The van der Waals surface area contributed by atoms with Crippen LogP contribution in [0.4, 0.5) is 0 Å². The molecule has 102 valence electrons. The molecular weight excluding hydrogens is 294 g/mol. The molecule has 0 fully saturated rings. The maximum absolute atomic E-state index is 11.8. The van der Waals surface area contributed by atoms with E-state index in [1.807, 2.05) is 0 Å². The SMILES string of the molecule is Cc1c(C(=O)NCCC(C)C)csc1S(=O)(=O)Cl. The van der Waals surface area contributed by atoms with Crippen molar-refractivity contribution in [2.24, 2.45) is 5.92 Å². The van der Waals surface area contributed by atoms with E-state index in [4.69, 9.17) is 10.7 Å². The summed E-state index contributed by atoms with van der Waals surface area (Å²) in [6, 6.07) is 0. The maximum atomic E-state index is 11.8. The summed E-state index contributed by atoms with van der Waals surface area (Å²) in [5.74, 6) is 0.253. The van der Waals surface area contributed by atoms with Gasteiger partial charge < -0.3 is 5.32 Å². The molecule has 1 aromatic rings. The van der Waals surface area contributed by atoms with Gasteiger partial charge in [0.25, 0.3) is 15.0 Å². The topological polar surface area (TPSA) is 63.2 Å². The number of thiophene rings is 1. The predicted octanol–water partition coefficient (Wildman–Crippen LogP) is 2.76. The van der Waals surface area contributed by atoms with Crippen molar-refractivity contribution in [2.45, 2.75) is 31.4 Å². The van der Waals surface area contributed by atoms with Crippen molar-refractivity contribution in [3.63, 3.8) is 0 Å². The third kappa shape index (κ3) is 3.96. The van der Waals surface area contributed by atoms with Crippen molar-refractivity contribution in [1.29, 1.82) is 0 Å². The van der Waals surface area contributed by atoms with E-state index in [1.54, 1.807) is 6.92 Å². The molecule has 0 saturated carbocycles. The minimum atomic E-state index is -3.77. The Morgan fingerprint density at radius 1 is 1.50 bits per heavy atom. The molecular formula is C11H16ClNO3S2.